The molecule has 2 heterocycles. The lowest BCUT2D eigenvalue weighted by molar-refractivity contribution is 0.0792. The summed E-state index contributed by atoms with van der Waals surface area (Å²) >= 11 is 0. The number of carbonyl (C=O) groups excluding carboxylic acids is 1. The fraction of sp³-hybridized carbons (Fsp3) is 0.353. The number of aromatic nitrogens is 2. The lowest BCUT2D eigenvalue weighted by Gasteiger charge is -2.18. The number of hydrogen-bond donors (Lipinski definition) is 0. The zero-order valence-corrected chi connectivity index (χ0v) is 14.8. The monoisotopic (exact) mass is 360 g/mol. The fourth-order valence-electron chi connectivity index (χ4n) is 2.78. The first-order chi connectivity index (χ1) is 12.0. The number of hydrogen-bond acceptors (Lipinski definition) is 5. The summed E-state index contributed by atoms with van der Waals surface area (Å²) in [5.74, 6) is -0.0469. The van der Waals surface area contributed by atoms with Crippen molar-refractivity contribution in [3.05, 3.63) is 54.1 Å². The van der Waals surface area contributed by atoms with Crippen LogP contribution in [0.2, 0.25) is 0 Å². The van der Waals surface area contributed by atoms with E-state index in [1.54, 1.807) is 17.0 Å². The van der Waals surface area contributed by atoms with Crippen LogP contribution in [0.1, 0.15) is 28.9 Å². The Balaban J connectivity index is 1.74. The lowest BCUT2D eigenvalue weighted by atomic mass is 10.2. The highest BCUT2D eigenvalue weighted by atomic mass is 32.2. The lowest BCUT2D eigenvalue weighted by Crippen LogP contribution is -2.28. The normalized spacial score (nSPS) is 14.9. The summed E-state index contributed by atoms with van der Waals surface area (Å²) < 4.78 is 26.5. The van der Waals surface area contributed by atoms with Gasteiger partial charge < -0.3 is 4.90 Å². The van der Waals surface area contributed by atoms with E-state index in [1.165, 1.54) is 42.1 Å². The first kappa shape index (κ1) is 17.5. The summed E-state index contributed by atoms with van der Waals surface area (Å²) in [5, 5.41) is 0. The van der Waals surface area contributed by atoms with E-state index >= 15 is 0 Å². The third-order valence-electron chi connectivity index (χ3n) is 4.20. The van der Waals surface area contributed by atoms with Gasteiger partial charge in [-0.1, -0.05) is 0 Å². The van der Waals surface area contributed by atoms with Crippen molar-refractivity contribution in [1.82, 2.24) is 19.2 Å². The molecule has 0 aliphatic carbocycles. The predicted molar refractivity (Wildman–Crippen MR) is 92.3 cm³/mol. The fourth-order valence-corrected chi connectivity index (χ4v) is 3.92. The average Bonchev–Trinajstić information content (AvgIpc) is 3.16. The molecule has 0 spiro atoms. The van der Waals surface area contributed by atoms with Crippen LogP contribution in [-0.2, 0) is 16.6 Å². The van der Waals surface area contributed by atoms with Crippen LogP contribution in [0.3, 0.4) is 0 Å². The highest BCUT2D eigenvalue weighted by Crippen LogP contribution is 2.19. The Morgan fingerprint density at radius 1 is 1.16 bits per heavy atom. The number of sulfonamides is 1. The molecule has 0 N–H and O–H groups in total. The molecular weight excluding hydrogens is 340 g/mol. The second-order valence-corrected chi connectivity index (χ2v) is 8.03. The second kappa shape index (κ2) is 7.28. The summed E-state index contributed by atoms with van der Waals surface area (Å²) in [6.07, 6.45) is 6.63. The van der Waals surface area contributed by atoms with Gasteiger partial charge in [-0.25, -0.2) is 8.42 Å². The van der Waals surface area contributed by atoms with E-state index in [0.29, 0.717) is 11.3 Å². The molecule has 8 heteroatoms. The molecule has 0 atom stereocenters. The van der Waals surface area contributed by atoms with Crippen molar-refractivity contribution in [3.8, 4) is 0 Å². The van der Waals surface area contributed by atoms with Gasteiger partial charge >= 0.3 is 0 Å². The number of likely N-dealkylation sites (tertiary alicyclic amines) is 1. The summed E-state index contributed by atoms with van der Waals surface area (Å²) in [6, 6.07) is 6.10. The van der Waals surface area contributed by atoms with Gasteiger partial charge in [0.1, 0.15) is 0 Å². The second-order valence-electron chi connectivity index (χ2n) is 5.98. The maximum atomic E-state index is 12.7. The van der Waals surface area contributed by atoms with E-state index in [2.05, 4.69) is 9.97 Å². The Hall–Kier alpha value is -2.32. The zero-order valence-electron chi connectivity index (χ0n) is 14.0. The third-order valence-corrected chi connectivity index (χ3v) is 6.02. The molecule has 1 aromatic heterocycles. The molecule has 0 saturated carbocycles. The molecule has 1 aromatic carbocycles. The molecule has 1 saturated heterocycles. The number of amides is 1. The van der Waals surface area contributed by atoms with E-state index in [0.717, 1.165) is 25.9 Å². The maximum Gasteiger partial charge on any atom is 0.253 e. The molecule has 25 heavy (non-hydrogen) atoms. The largest absolute Gasteiger partial charge is 0.339 e. The van der Waals surface area contributed by atoms with Gasteiger partial charge in [-0.2, -0.15) is 4.31 Å². The van der Waals surface area contributed by atoms with Crippen LogP contribution in [0.5, 0.6) is 0 Å². The van der Waals surface area contributed by atoms with Crippen molar-refractivity contribution < 1.29 is 13.2 Å². The minimum Gasteiger partial charge on any atom is -0.339 e. The number of benzene rings is 1. The Morgan fingerprint density at radius 3 is 2.44 bits per heavy atom. The minimum absolute atomic E-state index is 0.0469. The van der Waals surface area contributed by atoms with Crippen LogP contribution < -0.4 is 0 Å². The average molecular weight is 360 g/mol. The summed E-state index contributed by atoms with van der Waals surface area (Å²) in [6.45, 7) is 1.66. The van der Waals surface area contributed by atoms with Crippen molar-refractivity contribution >= 4 is 15.9 Å². The van der Waals surface area contributed by atoms with Crippen molar-refractivity contribution in [2.24, 2.45) is 0 Å². The van der Waals surface area contributed by atoms with Gasteiger partial charge in [-0.05, 0) is 37.1 Å². The number of rotatable bonds is 5. The molecule has 0 bridgehead atoms. The molecule has 7 nitrogen and oxygen atoms in total. The molecule has 132 valence electrons. The Labute approximate surface area is 147 Å². The summed E-state index contributed by atoms with van der Waals surface area (Å²) in [5.41, 5.74) is 1.08. The van der Waals surface area contributed by atoms with Crippen molar-refractivity contribution in [2.75, 3.05) is 20.1 Å². The Morgan fingerprint density at radius 2 is 1.84 bits per heavy atom. The van der Waals surface area contributed by atoms with Crippen LogP contribution in [0.4, 0.5) is 0 Å². The van der Waals surface area contributed by atoms with Gasteiger partial charge in [0, 0.05) is 44.3 Å². The van der Waals surface area contributed by atoms with Gasteiger partial charge in [0.25, 0.3) is 5.91 Å². The van der Waals surface area contributed by atoms with Gasteiger partial charge in [0.2, 0.25) is 10.0 Å². The zero-order chi connectivity index (χ0) is 17.9. The first-order valence-corrected chi connectivity index (χ1v) is 9.53. The third kappa shape index (κ3) is 3.85. The highest BCUT2D eigenvalue weighted by Gasteiger charge is 2.23. The quantitative estimate of drug-likeness (QED) is 0.807. The molecular formula is C17H20N4O3S. The number of nitrogens with zero attached hydrogens (tertiary/aromatic N) is 4. The summed E-state index contributed by atoms with van der Waals surface area (Å²) in [7, 11) is -2.16. The van der Waals surface area contributed by atoms with E-state index in [1.807, 2.05) is 0 Å². The van der Waals surface area contributed by atoms with E-state index < -0.39 is 10.0 Å². The molecule has 2 aromatic rings. The van der Waals surface area contributed by atoms with Crippen LogP contribution in [0.15, 0.2) is 47.8 Å². The molecule has 0 unspecified atom stereocenters. The molecule has 1 amide bonds. The van der Waals surface area contributed by atoms with Crippen molar-refractivity contribution in [3.63, 3.8) is 0 Å². The molecule has 3 rings (SSSR count). The standard InChI is InChI=1S/C17H20N4O3S/c1-20(13-15-12-18-8-9-19-15)25(23,24)16-6-4-14(5-7-16)17(22)21-10-2-3-11-21/h4-9,12H,2-3,10-11,13H2,1H3. The van der Waals surface area contributed by atoms with Gasteiger partial charge in [0.15, 0.2) is 0 Å². The van der Waals surface area contributed by atoms with E-state index in [9.17, 15) is 13.2 Å². The van der Waals surface area contributed by atoms with Crippen molar-refractivity contribution in [1.29, 1.82) is 0 Å². The first-order valence-electron chi connectivity index (χ1n) is 8.09. The molecule has 1 fully saturated rings. The van der Waals surface area contributed by atoms with E-state index in [-0.39, 0.29) is 17.3 Å². The number of carbonyl (C=O) groups is 1. The van der Waals surface area contributed by atoms with Gasteiger partial charge in [-0.15, -0.1) is 0 Å². The smallest absolute Gasteiger partial charge is 0.253 e. The molecule has 1 aliphatic rings. The van der Waals surface area contributed by atoms with Crippen LogP contribution in [-0.4, -0.2) is 53.6 Å². The SMILES string of the molecule is CN(Cc1cnccn1)S(=O)(=O)c1ccc(C(=O)N2CCCC2)cc1. The van der Waals surface area contributed by atoms with Crippen LogP contribution in [0.25, 0.3) is 0 Å². The Kier molecular flexibility index (Phi) is 5.10. The minimum atomic E-state index is -3.66. The van der Waals surface area contributed by atoms with Gasteiger partial charge in [-0.3, -0.25) is 14.8 Å². The highest BCUT2D eigenvalue weighted by molar-refractivity contribution is 7.89. The topological polar surface area (TPSA) is 83.5 Å². The van der Waals surface area contributed by atoms with Crippen LogP contribution >= 0.6 is 0 Å². The predicted octanol–water partition coefficient (Wildman–Crippen LogP) is 1.53. The maximum absolute atomic E-state index is 12.7. The van der Waals surface area contributed by atoms with Crippen LogP contribution in [0, 0.1) is 0 Å². The van der Waals surface area contributed by atoms with Crippen molar-refractivity contribution in [2.45, 2.75) is 24.3 Å². The molecule has 0 radical (unpaired) electrons. The summed E-state index contributed by atoms with van der Waals surface area (Å²) in [4.78, 5) is 22.3. The molecule has 1 aliphatic heterocycles. The van der Waals surface area contributed by atoms with Gasteiger partial charge in [0.05, 0.1) is 17.1 Å². The Bertz CT molecular complexity index is 832. The van der Waals surface area contributed by atoms with E-state index in [4.69, 9.17) is 0 Å².